The van der Waals surface area contributed by atoms with Crippen LogP contribution in [0.1, 0.15) is 17.1 Å². The number of aromatic nitrogens is 4. The molecule has 6 heteroatoms. The fourth-order valence-electron chi connectivity index (χ4n) is 2.47. The number of nitrogens with zero attached hydrogens (tertiary/aromatic N) is 4. The minimum atomic E-state index is 0.562. The van der Waals surface area contributed by atoms with Gasteiger partial charge in [0, 0.05) is 5.56 Å². The SMILES string of the molecule is Cc1ccc(-c2noc(CSc3nc4ccccc4nc3C)n2)cc1. The molecule has 124 valence electrons. The Bertz CT molecular complexity index is 1030. The van der Waals surface area contributed by atoms with Crippen molar-refractivity contribution < 1.29 is 4.52 Å². The molecule has 2 heterocycles. The molecule has 0 unspecified atom stereocenters. The van der Waals surface area contributed by atoms with Gasteiger partial charge in [0.15, 0.2) is 0 Å². The molecule has 4 aromatic rings. The molecule has 0 atom stereocenters. The van der Waals surface area contributed by atoms with Crippen LogP contribution in [0.3, 0.4) is 0 Å². The molecule has 0 aliphatic carbocycles. The Morgan fingerprint density at radius 2 is 1.60 bits per heavy atom. The minimum absolute atomic E-state index is 0.562. The van der Waals surface area contributed by atoms with Crippen molar-refractivity contribution >= 4 is 22.8 Å². The largest absolute Gasteiger partial charge is 0.338 e. The second-order valence-electron chi connectivity index (χ2n) is 5.77. The summed E-state index contributed by atoms with van der Waals surface area (Å²) in [5, 5.41) is 4.95. The highest BCUT2D eigenvalue weighted by Crippen LogP contribution is 2.26. The van der Waals surface area contributed by atoms with E-state index in [1.807, 2.05) is 55.5 Å². The number of hydrogen-bond donors (Lipinski definition) is 0. The Morgan fingerprint density at radius 1 is 0.880 bits per heavy atom. The van der Waals surface area contributed by atoms with Crippen LogP contribution < -0.4 is 0 Å². The Labute approximate surface area is 149 Å². The molecule has 0 amide bonds. The van der Waals surface area contributed by atoms with E-state index in [1.165, 1.54) is 5.56 Å². The molecule has 0 N–H and O–H groups in total. The highest BCUT2D eigenvalue weighted by Gasteiger charge is 2.11. The normalized spacial score (nSPS) is 11.1. The smallest absolute Gasteiger partial charge is 0.237 e. The van der Waals surface area contributed by atoms with E-state index in [4.69, 9.17) is 4.52 Å². The van der Waals surface area contributed by atoms with E-state index in [0.29, 0.717) is 17.5 Å². The molecule has 0 spiro atoms. The summed E-state index contributed by atoms with van der Waals surface area (Å²) in [7, 11) is 0. The maximum absolute atomic E-state index is 5.37. The number of hydrogen-bond acceptors (Lipinski definition) is 6. The van der Waals surface area contributed by atoms with Crippen LogP contribution in [0.25, 0.3) is 22.4 Å². The third kappa shape index (κ3) is 3.39. The van der Waals surface area contributed by atoms with Crippen LogP contribution in [-0.4, -0.2) is 20.1 Å². The Morgan fingerprint density at radius 3 is 2.36 bits per heavy atom. The topological polar surface area (TPSA) is 64.7 Å². The highest BCUT2D eigenvalue weighted by atomic mass is 32.2. The lowest BCUT2D eigenvalue weighted by Crippen LogP contribution is -1.93. The zero-order valence-electron chi connectivity index (χ0n) is 13.9. The highest BCUT2D eigenvalue weighted by molar-refractivity contribution is 7.98. The van der Waals surface area contributed by atoms with Crippen molar-refractivity contribution in [3.63, 3.8) is 0 Å². The fraction of sp³-hybridized carbons (Fsp3) is 0.158. The summed E-state index contributed by atoms with van der Waals surface area (Å²) in [4.78, 5) is 13.7. The van der Waals surface area contributed by atoms with Crippen LogP contribution in [0.15, 0.2) is 58.1 Å². The number of thioether (sulfide) groups is 1. The van der Waals surface area contributed by atoms with Crippen LogP contribution >= 0.6 is 11.8 Å². The van der Waals surface area contributed by atoms with Gasteiger partial charge in [0.25, 0.3) is 0 Å². The lowest BCUT2D eigenvalue weighted by Gasteiger charge is -2.04. The molecule has 0 radical (unpaired) electrons. The average molecular weight is 348 g/mol. The molecule has 4 rings (SSSR count). The summed E-state index contributed by atoms with van der Waals surface area (Å²) in [5.41, 5.74) is 4.85. The quantitative estimate of drug-likeness (QED) is 0.503. The van der Waals surface area contributed by atoms with E-state index in [1.54, 1.807) is 11.8 Å². The van der Waals surface area contributed by atoms with E-state index >= 15 is 0 Å². The molecule has 0 aliphatic rings. The maximum Gasteiger partial charge on any atom is 0.237 e. The van der Waals surface area contributed by atoms with Gasteiger partial charge in [0.2, 0.25) is 11.7 Å². The van der Waals surface area contributed by atoms with Gasteiger partial charge in [-0.25, -0.2) is 9.97 Å². The molecule has 0 bridgehead atoms. The second kappa shape index (κ2) is 6.64. The molecule has 25 heavy (non-hydrogen) atoms. The molecule has 0 aliphatic heterocycles. The number of para-hydroxylation sites is 2. The van der Waals surface area contributed by atoms with Gasteiger partial charge in [0.05, 0.1) is 22.5 Å². The van der Waals surface area contributed by atoms with E-state index in [9.17, 15) is 0 Å². The fourth-order valence-corrected chi connectivity index (χ4v) is 3.27. The van der Waals surface area contributed by atoms with Crippen LogP contribution in [-0.2, 0) is 5.75 Å². The predicted octanol–water partition coefficient (Wildman–Crippen LogP) is 4.59. The van der Waals surface area contributed by atoms with E-state index < -0.39 is 0 Å². The predicted molar refractivity (Wildman–Crippen MR) is 98.3 cm³/mol. The summed E-state index contributed by atoms with van der Waals surface area (Å²) < 4.78 is 5.37. The Balaban J connectivity index is 1.52. The van der Waals surface area contributed by atoms with Gasteiger partial charge >= 0.3 is 0 Å². The first kappa shape index (κ1) is 15.8. The van der Waals surface area contributed by atoms with E-state index in [2.05, 4.69) is 27.0 Å². The van der Waals surface area contributed by atoms with Crippen molar-refractivity contribution in [3.8, 4) is 11.4 Å². The van der Waals surface area contributed by atoms with Crippen LogP contribution in [0.4, 0.5) is 0 Å². The van der Waals surface area contributed by atoms with E-state index in [-0.39, 0.29) is 0 Å². The Kier molecular flexibility index (Phi) is 4.19. The lowest BCUT2D eigenvalue weighted by molar-refractivity contribution is 0.391. The van der Waals surface area contributed by atoms with Crippen LogP contribution in [0, 0.1) is 13.8 Å². The molecule has 0 saturated carbocycles. The Hall–Kier alpha value is -2.73. The van der Waals surface area contributed by atoms with Crippen LogP contribution in [0.2, 0.25) is 0 Å². The van der Waals surface area contributed by atoms with Crippen molar-refractivity contribution in [3.05, 3.63) is 65.7 Å². The lowest BCUT2D eigenvalue weighted by atomic mass is 10.1. The summed E-state index contributed by atoms with van der Waals surface area (Å²) >= 11 is 1.56. The average Bonchev–Trinajstić information content (AvgIpc) is 3.09. The number of benzene rings is 2. The van der Waals surface area contributed by atoms with Crippen molar-refractivity contribution in [1.82, 2.24) is 20.1 Å². The third-order valence-electron chi connectivity index (χ3n) is 3.81. The molecule has 2 aromatic carbocycles. The number of rotatable bonds is 4. The van der Waals surface area contributed by atoms with Gasteiger partial charge in [-0.3, -0.25) is 0 Å². The van der Waals surface area contributed by atoms with Gasteiger partial charge in [-0.2, -0.15) is 4.98 Å². The van der Waals surface area contributed by atoms with Gasteiger partial charge in [0.1, 0.15) is 5.03 Å². The number of fused-ring (bicyclic) bond motifs is 1. The first-order valence-corrected chi connectivity index (χ1v) is 8.93. The van der Waals surface area contributed by atoms with E-state index in [0.717, 1.165) is 27.3 Å². The number of aryl methyl sites for hydroxylation is 2. The molecule has 5 nitrogen and oxygen atoms in total. The van der Waals surface area contributed by atoms with Crippen LogP contribution in [0.5, 0.6) is 0 Å². The molecule has 0 saturated heterocycles. The molecular formula is C19H16N4OS. The summed E-state index contributed by atoms with van der Waals surface area (Å²) in [5.74, 6) is 1.75. The van der Waals surface area contributed by atoms with Crippen molar-refractivity contribution in [2.45, 2.75) is 24.6 Å². The van der Waals surface area contributed by atoms with Gasteiger partial charge in [-0.1, -0.05) is 58.9 Å². The molecule has 0 fully saturated rings. The van der Waals surface area contributed by atoms with Crippen molar-refractivity contribution in [1.29, 1.82) is 0 Å². The van der Waals surface area contributed by atoms with Gasteiger partial charge in [-0.15, -0.1) is 0 Å². The van der Waals surface area contributed by atoms with Crippen molar-refractivity contribution in [2.75, 3.05) is 0 Å². The zero-order valence-corrected chi connectivity index (χ0v) is 14.7. The zero-order chi connectivity index (χ0) is 17.2. The summed E-state index contributed by atoms with van der Waals surface area (Å²) in [6.45, 7) is 4.02. The first-order chi connectivity index (χ1) is 12.2. The summed E-state index contributed by atoms with van der Waals surface area (Å²) in [6, 6.07) is 15.9. The van der Waals surface area contributed by atoms with Gasteiger partial charge < -0.3 is 4.52 Å². The van der Waals surface area contributed by atoms with Gasteiger partial charge in [-0.05, 0) is 26.0 Å². The second-order valence-corrected chi connectivity index (χ2v) is 6.73. The third-order valence-corrected chi connectivity index (χ3v) is 4.86. The molecule has 2 aromatic heterocycles. The summed E-state index contributed by atoms with van der Waals surface area (Å²) in [6.07, 6.45) is 0. The first-order valence-electron chi connectivity index (χ1n) is 7.95. The standard InChI is InChI=1S/C19H16N4OS/c1-12-7-9-14(10-8-12)18-22-17(24-23-18)11-25-19-13(2)20-15-5-3-4-6-16(15)21-19/h3-10H,11H2,1-2H3. The minimum Gasteiger partial charge on any atom is -0.338 e. The monoisotopic (exact) mass is 348 g/mol. The molecular weight excluding hydrogens is 332 g/mol. The van der Waals surface area contributed by atoms with Crippen molar-refractivity contribution in [2.24, 2.45) is 0 Å². The maximum atomic E-state index is 5.37.